The van der Waals surface area contributed by atoms with Crippen LogP contribution < -0.4 is 0 Å². The van der Waals surface area contributed by atoms with E-state index < -0.39 is 0 Å². The number of hydrogen-bond donors (Lipinski definition) is 0. The molecule has 0 amide bonds. The molecule has 3 rings (SSSR count). The minimum atomic E-state index is 0.363. The summed E-state index contributed by atoms with van der Waals surface area (Å²) in [5.41, 5.74) is 5.04. The summed E-state index contributed by atoms with van der Waals surface area (Å²) in [6.45, 7) is 3.61. The van der Waals surface area contributed by atoms with Crippen LogP contribution in [0.15, 0.2) is 39.3 Å². The van der Waals surface area contributed by atoms with Gasteiger partial charge in [-0.3, -0.25) is 0 Å². The second kappa shape index (κ2) is 7.16. The van der Waals surface area contributed by atoms with Gasteiger partial charge in [-0.05, 0) is 55.2 Å². The normalized spacial score (nSPS) is 18.7. The highest BCUT2D eigenvalue weighted by Gasteiger charge is 2.31. The van der Waals surface area contributed by atoms with Crippen molar-refractivity contribution in [3.63, 3.8) is 0 Å². The average molecular weight is 393 g/mol. The van der Waals surface area contributed by atoms with Crippen LogP contribution >= 0.6 is 27.3 Å². The number of benzene rings is 1. The smallest absolute Gasteiger partial charge is 0.129 e. The van der Waals surface area contributed by atoms with Crippen LogP contribution in [0, 0.1) is 6.92 Å². The highest BCUT2D eigenvalue weighted by molar-refractivity contribution is 9.10. The van der Waals surface area contributed by atoms with Crippen LogP contribution in [0.5, 0.6) is 0 Å². The highest BCUT2D eigenvalue weighted by atomic mass is 79.9. The van der Waals surface area contributed by atoms with Crippen LogP contribution in [0.1, 0.15) is 33.9 Å². The quantitative estimate of drug-likeness (QED) is 0.546. The van der Waals surface area contributed by atoms with Gasteiger partial charge in [-0.2, -0.15) is 0 Å². The molecule has 1 heterocycles. The van der Waals surface area contributed by atoms with Crippen molar-refractivity contribution in [1.29, 1.82) is 0 Å². The topological polar surface area (TPSA) is 24.8 Å². The molecule has 1 aliphatic rings. The molecule has 0 radical (unpaired) electrons. The average Bonchev–Trinajstić information content (AvgIpc) is 3.07. The molecule has 122 valence electrons. The van der Waals surface area contributed by atoms with Gasteiger partial charge in [0.25, 0.3) is 0 Å². The SMILES string of the molecule is Cc1ccc(C2CC(=NOCCN(C)C)c3sccc32)c(Br)c1. The van der Waals surface area contributed by atoms with E-state index in [2.05, 4.69) is 62.6 Å². The predicted octanol–water partition coefficient (Wildman–Crippen LogP) is 4.64. The van der Waals surface area contributed by atoms with E-state index in [1.165, 1.54) is 26.0 Å². The molecule has 1 atom stereocenters. The third-order valence-corrected chi connectivity index (χ3v) is 5.73. The summed E-state index contributed by atoms with van der Waals surface area (Å²) in [5, 5.41) is 6.56. The van der Waals surface area contributed by atoms with Crippen LogP contribution in [0.2, 0.25) is 0 Å². The molecule has 23 heavy (non-hydrogen) atoms. The van der Waals surface area contributed by atoms with Crippen LogP contribution in [0.3, 0.4) is 0 Å². The van der Waals surface area contributed by atoms with Gasteiger partial charge in [0.1, 0.15) is 6.61 Å². The number of fused-ring (bicyclic) bond motifs is 1. The molecule has 0 fully saturated rings. The maximum atomic E-state index is 5.53. The molecule has 1 aromatic heterocycles. The summed E-state index contributed by atoms with van der Waals surface area (Å²) >= 11 is 5.48. The summed E-state index contributed by atoms with van der Waals surface area (Å²) in [6, 6.07) is 8.81. The molecule has 0 bridgehead atoms. The molecule has 1 unspecified atom stereocenters. The fraction of sp³-hybridized carbons (Fsp3) is 0.389. The van der Waals surface area contributed by atoms with Gasteiger partial charge in [0.15, 0.2) is 0 Å². The van der Waals surface area contributed by atoms with Crippen molar-refractivity contribution in [2.75, 3.05) is 27.2 Å². The lowest BCUT2D eigenvalue weighted by atomic mass is 9.93. The Hall–Kier alpha value is -1.17. The van der Waals surface area contributed by atoms with Gasteiger partial charge in [-0.25, -0.2) is 0 Å². The van der Waals surface area contributed by atoms with Crippen molar-refractivity contribution < 1.29 is 4.84 Å². The lowest BCUT2D eigenvalue weighted by Crippen LogP contribution is -2.17. The molecule has 5 heteroatoms. The lowest BCUT2D eigenvalue weighted by molar-refractivity contribution is 0.126. The summed E-state index contributed by atoms with van der Waals surface area (Å²) < 4.78 is 1.18. The zero-order valence-electron chi connectivity index (χ0n) is 13.7. The van der Waals surface area contributed by atoms with E-state index in [0.29, 0.717) is 12.5 Å². The van der Waals surface area contributed by atoms with Crippen molar-refractivity contribution in [3.05, 3.63) is 55.7 Å². The predicted molar refractivity (Wildman–Crippen MR) is 101 cm³/mol. The first kappa shape index (κ1) is 16.7. The molecular weight excluding hydrogens is 372 g/mol. The van der Waals surface area contributed by atoms with E-state index in [9.17, 15) is 0 Å². The first-order valence-electron chi connectivity index (χ1n) is 7.73. The van der Waals surface area contributed by atoms with Crippen molar-refractivity contribution in [1.82, 2.24) is 4.90 Å². The molecule has 1 aliphatic carbocycles. The number of nitrogens with zero attached hydrogens (tertiary/aromatic N) is 2. The van der Waals surface area contributed by atoms with E-state index >= 15 is 0 Å². The van der Waals surface area contributed by atoms with Crippen molar-refractivity contribution in [3.8, 4) is 0 Å². The Kier molecular flexibility index (Phi) is 5.19. The van der Waals surface area contributed by atoms with Crippen LogP contribution in [0.25, 0.3) is 0 Å². The summed E-state index contributed by atoms with van der Waals surface area (Å²) in [4.78, 5) is 8.89. The molecular formula is C18H21BrN2OS. The molecule has 1 aromatic carbocycles. The Morgan fingerprint density at radius 2 is 2.13 bits per heavy atom. The molecule has 3 nitrogen and oxygen atoms in total. The number of aryl methyl sites for hydroxylation is 1. The Bertz CT molecular complexity index is 724. The Balaban J connectivity index is 1.82. The van der Waals surface area contributed by atoms with E-state index in [4.69, 9.17) is 4.84 Å². The number of thiophene rings is 1. The van der Waals surface area contributed by atoms with E-state index in [1.54, 1.807) is 11.3 Å². The third-order valence-electron chi connectivity index (χ3n) is 4.07. The Morgan fingerprint density at radius 3 is 2.87 bits per heavy atom. The minimum Gasteiger partial charge on any atom is -0.394 e. The zero-order valence-corrected chi connectivity index (χ0v) is 16.1. The van der Waals surface area contributed by atoms with Crippen molar-refractivity contribution >= 4 is 33.0 Å². The van der Waals surface area contributed by atoms with Gasteiger partial charge in [0.05, 0.1) is 10.6 Å². The standard InChI is InChI=1S/C18H21BrN2OS/c1-12-4-5-13(16(19)10-12)15-11-17(18-14(15)6-9-23-18)20-22-8-7-21(2)3/h4-6,9-10,15H,7-8,11H2,1-3H3. The number of oxime groups is 1. The fourth-order valence-electron chi connectivity index (χ4n) is 2.84. The largest absolute Gasteiger partial charge is 0.394 e. The van der Waals surface area contributed by atoms with Gasteiger partial charge in [0.2, 0.25) is 0 Å². The Morgan fingerprint density at radius 1 is 1.30 bits per heavy atom. The Labute approximate surface area is 150 Å². The molecule has 0 saturated heterocycles. The number of likely N-dealkylation sites (N-methyl/N-ethyl adjacent to an activating group) is 1. The van der Waals surface area contributed by atoms with Gasteiger partial charge in [0, 0.05) is 23.4 Å². The lowest BCUT2D eigenvalue weighted by Gasteiger charge is -2.13. The van der Waals surface area contributed by atoms with Gasteiger partial charge >= 0.3 is 0 Å². The molecule has 0 spiro atoms. The molecule has 0 N–H and O–H groups in total. The first-order valence-corrected chi connectivity index (χ1v) is 9.41. The maximum absolute atomic E-state index is 5.53. The number of hydrogen-bond acceptors (Lipinski definition) is 4. The van der Waals surface area contributed by atoms with Crippen molar-refractivity contribution in [2.45, 2.75) is 19.3 Å². The molecule has 2 aromatic rings. The molecule has 0 aliphatic heterocycles. The van der Waals surface area contributed by atoms with Gasteiger partial charge < -0.3 is 9.74 Å². The monoisotopic (exact) mass is 392 g/mol. The van der Waals surface area contributed by atoms with Gasteiger partial charge in [-0.1, -0.05) is 33.2 Å². The molecule has 0 saturated carbocycles. The zero-order chi connectivity index (χ0) is 16.4. The van der Waals surface area contributed by atoms with Gasteiger partial charge in [-0.15, -0.1) is 11.3 Å². The second-order valence-corrected chi connectivity index (χ2v) is 7.93. The summed E-state index contributed by atoms with van der Waals surface area (Å²) in [5.74, 6) is 0.363. The van der Waals surface area contributed by atoms with Crippen molar-refractivity contribution in [2.24, 2.45) is 5.16 Å². The number of halogens is 1. The van der Waals surface area contributed by atoms with E-state index in [1.807, 2.05) is 14.1 Å². The minimum absolute atomic E-state index is 0.363. The van der Waals surface area contributed by atoms with E-state index in [-0.39, 0.29) is 0 Å². The second-order valence-electron chi connectivity index (χ2n) is 6.16. The van der Waals surface area contributed by atoms with Crippen LogP contribution in [-0.4, -0.2) is 37.9 Å². The number of rotatable bonds is 5. The first-order chi connectivity index (χ1) is 11.1. The fourth-order valence-corrected chi connectivity index (χ4v) is 4.57. The van der Waals surface area contributed by atoms with E-state index in [0.717, 1.165) is 18.7 Å². The van der Waals surface area contributed by atoms with Crippen LogP contribution in [0.4, 0.5) is 0 Å². The highest BCUT2D eigenvalue weighted by Crippen LogP contribution is 2.43. The third kappa shape index (κ3) is 3.67. The summed E-state index contributed by atoms with van der Waals surface area (Å²) in [7, 11) is 4.07. The maximum Gasteiger partial charge on any atom is 0.129 e. The van der Waals surface area contributed by atoms with Crippen LogP contribution in [-0.2, 0) is 4.84 Å². The summed E-state index contributed by atoms with van der Waals surface area (Å²) in [6.07, 6.45) is 0.908.